The summed E-state index contributed by atoms with van der Waals surface area (Å²) < 4.78 is 9.17. The highest BCUT2D eigenvalue weighted by Gasteiger charge is 2.19. The van der Waals surface area contributed by atoms with Gasteiger partial charge < -0.3 is 9.30 Å². The number of hydrogen-bond acceptors (Lipinski definition) is 5. The Morgan fingerprint density at radius 3 is 2.79 bits per heavy atom. The molecule has 0 unspecified atom stereocenters. The van der Waals surface area contributed by atoms with E-state index in [0.29, 0.717) is 5.88 Å². The first kappa shape index (κ1) is 16.6. The first-order valence-corrected chi connectivity index (χ1v) is 8.80. The molecule has 0 aliphatic carbocycles. The zero-order chi connectivity index (χ0) is 17.1. The van der Waals surface area contributed by atoms with Crippen LogP contribution in [0.5, 0.6) is 5.88 Å². The summed E-state index contributed by atoms with van der Waals surface area (Å²) in [5.74, 6) is 2.22. The molecule has 1 aromatic carbocycles. The summed E-state index contributed by atoms with van der Waals surface area (Å²) in [6, 6.07) is 8.53. The molecule has 0 fully saturated rings. The molecule has 0 N–H and O–H groups in total. The maximum atomic E-state index is 5.35. The van der Waals surface area contributed by atoms with E-state index in [9.17, 15) is 0 Å². The van der Waals surface area contributed by atoms with Crippen molar-refractivity contribution in [3.8, 4) is 17.3 Å². The molecule has 0 amide bonds. The van der Waals surface area contributed by atoms with Crippen LogP contribution < -0.4 is 4.74 Å². The molecule has 3 rings (SSSR count). The zero-order valence-corrected chi connectivity index (χ0v) is 15.2. The van der Waals surface area contributed by atoms with Crippen LogP contribution in [-0.2, 0) is 19.3 Å². The van der Waals surface area contributed by atoms with E-state index in [1.54, 1.807) is 23.6 Å². The molecule has 2 aromatic heterocycles. The number of methoxy groups -OCH3 is 1. The van der Waals surface area contributed by atoms with Crippen LogP contribution in [0.15, 0.2) is 35.6 Å². The minimum absolute atomic E-state index is 0.565. The molecule has 2 heterocycles. The Labute approximate surface area is 145 Å². The second kappa shape index (κ2) is 7.09. The van der Waals surface area contributed by atoms with Crippen molar-refractivity contribution < 1.29 is 4.74 Å². The molecule has 0 aliphatic heterocycles. The number of thioether (sulfide) groups is 1. The quantitative estimate of drug-likeness (QED) is 0.643. The number of nitrogens with zero attached hydrogens (tertiary/aromatic N) is 5. The summed E-state index contributed by atoms with van der Waals surface area (Å²) in [6.07, 6.45) is 1.91. The SMILES string of the molecule is CCn1c(SCc2cccc(C)c2)nnc1-c1cn(C)nc1OC. The molecule has 0 aliphatic rings. The lowest BCUT2D eigenvalue weighted by Gasteiger charge is -2.07. The van der Waals surface area contributed by atoms with Crippen LogP contribution in [0.3, 0.4) is 0 Å². The molecule has 0 saturated heterocycles. The van der Waals surface area contributed by atoms with E-state index in [1.165, 1.54) is 11.1 Å². The second-order valence-corrected chi connectivity index (χ2v) is 6.50. The van der Waals surface area contributed by atoms with Gasteiger partial charge in [0.2, 0.25) is 5.88 Å². The van der Waals surface area contributed by atoms with E-state index in [2.05, 4.69) is 58.0 Å². The standard InChI is InChI=1S/C17H21N5OS/c1-5-22-15(14-10-21(3)20-16(14)23-4)18-19-17(22)24-11-13-8-6-7-12(2)9-13/h6-10H,5,11H2,1-4H3. The van der Waals surface area contributed by atoms with Crippen LogP contribution >= 0.6 is 11.8 Å². The van der Waals surface area contributed by atoms with Gasteiger partial charge in [0.15, 0.2) is 11.0 Å². The van der Waals surface area contributed by atoms with Gasteiger partial charge in [-0.15, -0.1) is 15.3 Å². The fourth-order valence-electron chi connectivity index (χ4n) is 2.60. The van der Waals surface area contributed by atoms with Gasteiger partial charge in [-0.1, -0.05) is 41.6 Å². The molecule has 0 saturated carbocycles. The summed E-state index contributed by atoms with van der Waals surface area (Å²) in [5, 5.41) is 13.9. The summed E-state index contributed by atoms with van der Waals surface area (Å²) in [4.78, 5) is 0. The topological polar surface area (TPSA) is 57.8 Å². The van der Waals surface area contributed by atoms with Crippen molar-refractivity contribution in [1.82, 2.24) is 24.5 Å². The Morgan fingerprint density at radius 2 is 2.08 bits per heavy atom. The zero-order valence-electron chi connectivity index (χ0n) is 14.4. The summed E-state index contributed by atoms with van der Waals surface area (Å²) in [5.41, 5.74) is 3.41. The third-order valence-corrected chi connectivity index (χ3v) is 4.75. The van der Waals surface area contributed by atoms with Crippen LogP contribution in [0.4, 0.5) is 0 Å². The van der Waals surface area contributed by atoms with Gasteiger partial charge >= 0.3 is 0 Å². The number of hydrogen-bond donors (Lipinski definition) is 0. The van der Waals surface area contributed by atoms with E-state index in [0.717, 1.165) is 28.8 Å². The fraction of sp³-hybridized carbons (Fsp3) is 0.353. The number of benzene rings is 1. The second-order valence-electron chi connectivity index (χ2n) is 5.55. The van der Waals surface area contributed by atoms with Crippen molar-refractivity contribution in [1.29, 1.82) is 0 Å². The first-order valence-electron chi connectivity index (χ1n) is 7.82. The fourth-order valence-corrected chi connectivity index (χ4v) is 3.55. The lowest BCUT2D eigenvalue weighted by Crippen LogP contribution is -2.00. The van der Waals surface area contributed by atoms with Crippen LogP contribution in [0.2, 0.25) is 0 Å². The molecule has 0 radical (unpaired) electrons. The third-order valence-electron chi connectivity index (χ3n) is 3.71. The highest BCUT2D eigenvalue weighted by molar-refractivity contribution is 7.98. The van der Waals surface area contributed by atoms with Gasteiger partial charge in [0.25, 0.3) is 0 Å². The van der Waals surface area contributed by atoms with Gasteiger partial charge in [0.1, 0.15) is 5.56 Å². The molecular weight excluding hydrogens is 322 g/mol. The first-order chi connectivity index (χ1) is 11.6. The van der Waals surface area contributed by atoms with E-state index < -0.39 is 0 Å². The van der Waals surface area contributed by atoms with Gasteiger partial charge in [0.05, 0.1) is 7.11 Å². The normalized spacial score (nSPS) is 11.0. The van der Waals surface area contributed by atoms with Gasteiger partial charge in [0, 0.05) is 25.5 Å². The van der Waals surface area contributed by atoms with Gasteiger partial charge in [-0.05, 0) is 19.4 Å². The molecule has 0 spiro atoms. The van der Waals surface area contributed by atoms with Crippen molar-refractivity contribution in [2.75, 3.05) is 7.11 Å². The van der Waals surface area contributed by atoms with E-state index in [1.807, 2.05) is 13.2 Å². The summed E-state index contributed by atoms with van der Waals surface area (Å²) >= 11 is 1.69. The highest BCUT2D eigenvalue weighted by Crippen LogP contribution is 2.30. The predicted octanol–water partition coefficient (Wildman–Crippen LogP) is 3.31. The van der Waals surface area contributed by atoms with E-state index >= 15 is 0 Å². The Balaban J connectivity index is 1.86. The number of ether oxygens (including phenoxy) is 1. The van der Waals surface area contributed by atoms with Crippen molar-refractivity contribution in [3.05, 3.63) is 41.6 Å². The maximum absolute atomic E-state index is 5.35. The molecule has 6 nitrogen and oxygen atoms in total. The van der Waals surface area contributed by atoms with Crippen LogP contribution in [0, 0.1) is 6.92 Å². The Morgan fingerprint density at radius 1 is 1.25 bits per heavy atom. The Kier molecular flexibility index (Phi) is 4.89. The highest BCUT2D eigenvalue weighted by atomic mass is 32.2. The van der Waals surface area contributed by atoms with Crippen molar-refractivity contribution >= 4 is 11.8 Å². The van der Waals surface area contributed by atoms with Crippen LogP contribution in [0.25, 0.3) is 11.4 Å². The molecule has 24 heavy (non-hydrogen) atoms. The average molecular weight is 343 g/mol. The molecule has 3 aromatic rings. The lowest BCUT2D eigenvalue weighted by atomic mass is 10.2. The summed E-state index contributed by atoms with van der Waals surface area (Å²) in [7, 11) is 3.48. The third kappa shape index (κ3) is 3.31. The molecule has 0 atom stereocenters. The molecule has 7 heteroatoms. The summed E-state index contributed by atoms with van der Waals surface area (Å²) in [6.45, 7) is 4.98. The largest absolute Gasteiger partial charge is 0.479 e. The van der Waals surface area contributed by atoms with Gasteiger partial charge in [-0.25, -0.2) is 0 Å². The number of aryl methyl sites for hydroxylation is 2. The van der Waals surface area contributed by atoms with Gasteiger partial charge in [-0.3, -0.25) is 4.68 Å². The Hall–Kier alpha value is -2.28. The van der Waals surface area contributed by atoms with Crippen molar-refractivity contribution in [2.45, 2.75) is 31.3 Å². The molecular formula is C17H21N5OS. The number of aromatic nitrogens is 5. The smallest absolute Gasteiger partial charge is 0.243 e. The van der Waals surface area contributed by atoms with E-state index in [4.69, 9.17) is 4.74 Å². The number of rotatable bonds is 6. The molecule has 126 valence electrons. The minimum atomic E-state index is 0.565. The Bertz CT molecular complexity index is 839. The van der Waals surface area contributed by atoms with Crippen LogP contribution in [-0.4, -0.2) is 31.7 Å². The van der Waals surface area contributed by atoms with Crippen LogP contribution in [0.1, 0.15) is 18.1 Å². The van der Waals surface area contributed by atoms with Crippen molar-refractivity contribution in [3.63, 3.8) is 0 Å². The van der Waals surface area contributed by atoms with Gasteiger partial charge in [-0.2, -0.15) is 0 Å². The maximum Gasteiger partial charge on any atom is 0.243 e. The molecule has 0 bridgehead atoms. The monoisotopic (exact) mass is 343 g/mol. The minimum Gasteiger partial charge on any atom is -0.479 e. The van der Waals surface area contributed by atoms with E-state index in [-0.39, 0.29) is 0 Å². The lowest BCUT2D eigenvalue weighted by molar-refractivity contribution is 0.393. The predicted molar refractivity (Wildman–Crippen MR) is 95.2 cm³/mol. The average Bonchev–Trinajstić information content (AvgIpc) is 3.15. The van der Waals surface area contributed by atoms with Crippen molar-refractivity contribution in [2.24, 2.45) is 7.05 Å².